The number of methoxy groups -OCH3 is 1. The van der Waals surface area contributed by atoms with Gasteiger partial charge in [-0.3, -0.25) is 10.4 Å². The van der Waals surface area contributed by atoms with Crippen molar-refractivity contribution in [3.05, 3.63) is 41.5 Å². The van der Waals surface area contributed by atoms with Gasteiger partial charge in [0.1, 0.15) is 20.8 Å². The molecule has 3 rings (SSSR count). The van der Waals surface area contributed by atoms with Gasteiger partial charge >= 0.3 is 6.09 Å². The van der Waals surface area contributed by atoms with Crippen LogP contribution in [0, 0.1) is 0 Å². The number of likely N-dealkylation sites (N-methyl/N-ethyl adjacent to an activating group) is 1. The Kier molecular flexibility index (Phi) is 9.98. The lowest BCUT2D eigenvalue weighted by atomic mass is 10.1. The zero-order chi connectivity index (χ0) is 27.2. The van der Waals surface area contributed by atoms with Crippen LogP contribution in [0.1, 0.15) is 30.5 Å². The molecule has 0 fully saturated rings. The second-order valence-electron chi connectivity index (χ2n) is 7.76. The Morgan fingerprint density at radius 1 is 1.30 bits per heavy atom. The average molecular weight is 581 g/mol. The third-order valence-electron chi connectivity index (χ3n) is 5.24. The molecule has 0 bridgehead atoms. The molecule has 37 heavy (non-hydrogen) atoms. The Hall–Kier alpha value is -2.19. The van der Waals surface area contributed by atoms with E-state index >= 15 is 0 Å². The van der Waals surface area contributed by atoms with Gasteiger partial charge in [0.25, 0.3) is 20.0 Å². The number of para-hydroxylation sites is 1. The predicted molar refractivity (Wildman–Crippen MR) is 129 cm³/mol. The van der Waals surface area contributed by atoms with Crippen molar-refractivity contribution >= 4 is 37.5 Å². The minimum atomic E-state index is -4.50. The van der Waals surface area contributed by atoms with E-state index in [4.69, 9.17) is 19.9 Å². The first-order valence-corrected chi connectivity index (χ1v) is 14.7. The van der Waals surface area contributed by atoms with E-state index in [9.17, 15) is 21.6 Å². The summed E-state index contributed by atoms with van der Waals surface area (Å²) in [6.45, 7) is 2.67. The molecule has 1 aromatic heterocycles. The van der Waals surface area contributed by atoms with Crippen LogP contribution < -0.4 is 14.8 Å². The first kappa shape index (κ1) is 29.4. The van der Waals surface area contributed by atoms with Gasteiger partial charge in [-0.15, -0.1) is 11.3 Å². The molecule has 0 radical (unpaired) electrons. The first-order chi connectivity index (χ1) is 17.5. The van der Waals surface area contributed by atoms with Gasteiger partial charge in [-0.05, 0) is 25.1 Å². The van der Waals surface area contributed by atoms with Gasteiger partial charge in [0.15, 0.2) is 0 Å². The van der Waals surface area contributed by atoms with Crippen molar-refractivity contribution in [1.82, 2.24) is 19.7 Å². The van der Waals surface area contributed by atoms with E-state index < -0.39 is 44.2 Å². The molecule has 0 unspecified atom stereocenters. The molecule has 17 heteroatoms. The Balaban J connectivity index is 1.82. The summed E-state index contributed by atoms with van der Waals surface area (Å²) in [6, 6.07) is 6.68. The number of amides is 1. The van der Waals surface area contributed by atoms with Crippen molar-refractivity contribution < 1.29 is 46.4 Å². The van der Waals surface area contributed by atoms with E-state index in [2.05, 4.69) is 10.2 Å². The van der Waals surface area contributed by atoms with Gasteiger partial charge in [0.2, 0.25) is 0 Å². The number of nitrogens with zero attached hydrogens (tertiary/aromatic N) is 2. The summed E-state index contributed by atoms with van der Waals surface area (Å²) >= 11 is 0.544. The van der Waals surface area contributed by atoms with E-state index in [-0.39, 0.29) is 32.8 Å². The van der Waals surface area contributed by atoms with Crippen LogP contribution in [0.5, 0.6) is 5.75 Å². The summed E-state index contributed by atoms with van der Waals surface area (Å²) < 4.78 is 65.0. The monoisotopic (exact) mass is 580 g/mol. The van der Waals surface area contributed by atoms with E-state index in [0.717, 1.165) is 0 Å². The van der Waals surface area contributed by atoms with Gasteiger partial charge in [-0.1, -0.05) is 25.1 Å². The van der Waals surface area contributed by atoms with Gasteiger partial charge in [0, 0.05) is 44.0 Å². The van der Waals surface area contributed by atoms with Crippen LogP contribution in [-0.4, -0.2) is 76.4 Å². The van der Waals surface area contributed by atoms with Crippen LogP contribution in [-0.2, 0) is 36.2 Å². The molecule has 0 spiro atoms. The lowest BCUT2D eigenvalue weighted by molar-refractivity contribution is -0.497. The number of rotatable bonds is 12. The normalized spacial score (nSPS) is 17.5. The fourth-order valence-electron chi connectivity index (χ4n) is 3.61. The zero-order valence-electron chi connectivity index (χ0n) is 20.0. The molecule has 206 valence electrons. The van der Waals surface area contributed by atoms with E-state index in [1.807, 2.05) is 6.92 Å². The topological polar surface area (TPSA) is 184 Å². The summed E-state index contributed by atoms with van der Waals surface area (Å²) in [5.41, 5.74) is 0.520. The molecule has 1 aromatic carbocycles. The smallest absolute Gasteiger partial charge is 0.409 e. The molecule has 0 saturated carbocycles. The average Bonchev–Trinajstić information content (AvgIpc) is 3.29. The van der Waals surface area contributed by atoms with Gasteiger partial charge in [-0.25, -0.2) is 31.2 Å². The van der Waals surface area contributed by atoms with Crippen molar-refractivity contribution in [2.75, 3.05) is 33.4 Å². The second-order valence-corrected chi connectivity index (χ2v) is 12.9. The number of benzene rings is 1. The Labute approximate surface area is 218 Å². The highest BCUT2D eigenvalue weighted by Crippen LogP contribution is 2.40. The van der Waals surface area contributed by atoms with Crippen molar-refractivity contribution in [2.24, 2.45) is 0 Å². The van der Waals surface area contributed by atoms with E-state index in [0.29, 0.717) is 36.5 Å². The van der Waals surface area contributed by atoms with E-state index in [1.165, 1.54) is 35.7 Å². The van der Waals surface area contributed by atoms with Crippen LogP contribution in [0.4, 0.5) is 4.79 Å². The summed E-state index contributed by atoms with van der Waals surface area (Å²) in [5.74, 6) is -0.0935. The lowest BCUT2D eigenvalue weighted by Crippen LogP contribution is -2.43. The Morgan fingerprint density at radius 3 is 2.70 bits per heavy atom. The van der Waals surface area contributed by atoms with Crippen LogP contribution >= 0.6 is 11.3 Å². The highest BCUT2D eigenvalue weighted by atomic mass is 32.3. The number of carbonyl (C=O) groups excluding carboxylic acids is 1. The van der Waals surface area contributed by atoms with Crippen molar-refractivity contribution in [1.29, 1.82) is 0 Å². The molecule has 2 heterocycles. The van der Waals surface area contributed by atoms with Crippen molar-refractivity contribution in [2.45, 2.75) is 34.4 Å². The fourth-order valence-corrected chi connectivity index (χ4v) is 8.37. The molecule has 4 N–H and O–H groups in total. The van der Waals surface area contributed by atoms with E-state index in [1.54, 1.807) is 10.8 Å². The number of hydrogen-bond donors (Lipinski definition) is 4. The predicted octanol–water partition coefficient (Wildman–Crippen LogP) is 1.43. The summed E-state index contributed by atoms with van der Waals surface area (Å²) in [7, 11) is -6.94. The summed E-state index contributed by atoms with van der Waals surface area (Å²) in [4.78, 5) is 16.9. The maximum Gasteiger partial charge on any atom is 0.426 e. The summed E-state index contributed by atoms with van der Waals surface area (Å²) in [5, 5.41) is 20.1. The molecule has 0 aliphatic carbocycles. The third kappa shape index (κ3) is 7.23. The lowest BCUT2D eigenvalue weighted by Gasteiger charge is -2.32. The number of carbonyl (C=O) groups is 1. The maximum atomic E-state index is 13.2. The van der Waals surface area contributed by atoms with Crippen LogP contribution in [0.25, 0.3) is 0 Å². The fraction of sp³-hybridized carbons (Fsp3) is 0.450. The number of thiophene rings is 1. The molecule has 14 nitrogen and oxygen atoms in total. The summed E-state index contributed by atoms with van der Waals surface area (Å²) in [6.07, 6.45) is -0.884. The van der Waals surface area contributed by atoms with Gasteiger partial charge in [-0.2, -0.15) is 4.31 Å². The standard InChI is InChI=1S/C20H28N4O10S3/c1-3-21-16-12-23(9-6-10-32-2)37(30,31)19-15(16)11-18(35-19)36(28,29)22-20(25)34-17-8-5-4-7-14(17)13-33-24(26)27/h4-5,7-8,11,16,21,26-27H,3,6,9-10,12-13H2,1-2H3,(H,22,25)/t16-/m0/s1. The SMILES string of the molecule is CCN[C@H]1CN(CCCOC)S(=O)(=O)c2sc(S(=O)(=O)NC(=O)Oc3ccccc3CON(O)O)cc21. The number of nitrogens with one attached hydrogen (secondary N) is 2. The second kappa shape index (κ2) is 12.6. The number of hydrogen-bond acceptors (Lipinski definition) is 13. The molecular formula is C20H28N4O10S3. The molecule has 1 aliphatic heterocycles. The van der Waals surface area contributed by atoms with Gasteiger partial charge in [0.05, 0.1) is 5.39 Å². The van der Waals surface area contributed by atoms with Gasteiger partial charge < -0.3 is 14.8 Å². The number of sulfonamides is 2. The maximum absolute atomic E-state index is 13.2. The minimum Gasteiger partial charge on any atom is -0.409 e. The minimum absolute atomic E-state index is 0.0935. The largest absolute Gasteiger partial charge is 0.426 e. The highest BCUT2D eigenvalue weighted by molar-refractivity contribution is 7.94. The molecule has 0 saturated heterocycles. The number of ether oxygens (including phenoxy) is 2. The first-order valence-electron chi connectivity index (χ1n) is 11.0. The highest BCUT2D eigenvalue weighted by Gasteiger charge is 2.40. The third-order valence-corrected chi connectivity index (χ3v) is 10.6. The quantitative estimate of drug-likeness (QED) is 0.209. The molecule has 2 aromatic rings. The van der Waals surface area contributed by atoms with Crippen molar-refractivity contribution in [3.63, 3.8) is 0 Å². The molecular weight excluding hydrogens is 552 g/mol. The molecule has 1 aliphatic rings. The Morgan fingerprint density at radius 2 is 2.03 bits per heavy atom. The van der Waals surface area contributed by atoms with Crippen LogP contribution in [0.15, 0.2) is 38.8 Å². The molecule has 1 amide bonds. The van der Waals surface area contributed by atoms with Crippen LogP contribution in [0.2, 0.25) is 0 Å². The van der Waals surface area contributed by atoms with Crippen LogP contribution in [0.3, 0.4) is 0 Å². The molecule has 1 atom stereocenters. The van der Waals surface area contributed by atoms with Crippen molar-refractivity contribution in [3.8, 4) is 5.75 Å². The number of fused-ring (bicyclic) bond motifs is 1. The Bertz CT molecular complexity index is 1300. The zero-order valence-corrected chi connectivity index (χ0v) is 22.4.